The van der Waals surface area contributed by atoms with E-state index in [4.69, 9.17) is 11.6 Å². The predicted molar refractivity (Wildman–Crippen MR) is 81.5 cm³/mol. The van der Waals surface area contributed by atoms with Gasteiger partial charge in [0.2, 0.25) is 0 Å². The quantitative estimate of drug-likeness (QED) is 0.682. The van der Waals surface area contributed by atoms with E-state index in [1.54, 1.807) is 12.1 Å². The Morgan fingerprint density at radius 2 is 2.05 bits per heavy atom. The SMILES string of the molecule is CC(C)N1CCC(Nc2ccc([N+](=O)[O-])c(Cl)c2)CC1. The number of rotatable bonds is 4. The number of likely N-dealkylation sites (tertiary alicyclic amines) is 1. The molecule has 1 fully saturated rings. The number of piperidine rings is 1. The van der Waals surface area contributed by atoms with Gasteiger partial charge in [0, 0.05) is 36.9 Å². The van der Waals surface area contributed by atoms with Crippen LogP contribution >= 0.6 is 11.6 Å². The maximum atomic E-state index is 10.7. The van der Waals surface area contributed by atoms with Crippen molar-refractivity contribution in [2.75, 3.05) is 18.4 Å². The number of anilines is 1. The fourth-order valence-electron chi connectivity index (χ4n) is 2.54. The standard InChI is InChI=1S/C14H20ClN3O2/c1-10(2)17-7-5-11(6-8-17)16-12-3-4-14(18(19)20)13(15)9-12/h3-4,9-11,16H,5-8H2,1-2H3. The van der Waals surface area contributed by atoms with Gasteiger partial charge in [-0.2, -0.15) is 0 Å². The van der Waals surface area contributed by atoms with E-state index in [9.17, 15) is 10.1 Å². The minimum Gasteiger partial charge on any atom is -0.382 e. The van der Waals surface area contributed by atoms with Crippen LogP contribution in [-0.4, -0.2) is 35.0 Å². The van der Waals surface area contributed by atoms with E-state index in [-0.39, 0.29) is 10.7 Å². The van der Waals surface area contributed by atoms with Crippen molar-refractivity contribution in [2.24, 2.45) is 0 Å². The van der Waals surface area contributed by atoms with Gasteiger partial charge in [0.1, 0.15) is 5.02 Å². The summed E-state index contributed by atoms with van der Waals surface area (Å²) < 4.78 is 0. The summed E-state index contributed by atoms with van der Waals surface area (Å²) in [5, 5.41) is 14.3. The Hall–Kier alpha value is -1.33. The number of nitro benzene ring substituents is 1. The van der Waals surface area contributed by atoms with Gasteiger partial charge in [0.05, 0.1) is 4.92 Å². The first-order valence-electron chi connectivity index (χ1n) is 6.92. The third-order valence-corrected chi connectivity index (χ3v) is 4.08. The number of nitrogens with zero attached hydrogens (tertiary/aromatic N) is 2. The van der Waals surface area contributed by atoms with Gasteiger partial charge >= 0.3 is 0 Å². The minimum atomic E-state index is -0.465. The van der Waals surface area contributed by atoms with Crippen LogP contribution in [0.15, 0.2) is 18.2 Å². The zero-order valence-electron chi connectivity index (χ0n) is 11.8. The molecule has 5 nitrogen and oxygen atoms in total. The van der Waals surface area contributed by atoms with E-state index < -0.39 is 4.92 Å². The van der Waals surface area contributed by atoms with Crippen molar-refractivity contribution in [3.8, 4) is 0 Å². The van der Waals surface area contributed by atoms with E-state index in [0.29, 0.717) is 12.1 Å². The highest BCUT2D eigenvalue weighted by molar-refractivity contribution is 6.32. The largest absolute Gasteiger partial charge is 0.382 e. The predicted octanol–water partition coefficient (Wildman–Crippen LogP) is 3.53. The Morgan fingerprint density at radius 1 is 1.40 bits per heavy atom. The van der Waals surface area contributed by atoms with E-state index in [2.05, 4.69) is 24.1 Å². The smallest absolute Gasteiger partial charge is 0.288 e. The molecule has 1 aliphatic rings. The zero-order valence-corrected chi connectivity index (χ0v) is 12.6. The van der Waals surface area contributed by atoms with Gasteiger partial charge in [-0.15, -0.1) is 0 Å². The molecule has 1 saturated heterocycles. The molecule has 0 aliphatic carbocycles. The fourth-order valence-corrected chi connectivity index (χ4v) is 2.79. The lowest BCUT2D eigenvalue weighted by molar-refractivity contribution is -0.384. The van der Waals surface area contributed by atoms with E-state index in [1.165, 1.54) is 6.07 Å². The lowest BCUT2D eigenvalue weighted by Crippen LogP contribution is -2.42. The number of hydrogen-bond donors (Lipinski definition) is 1. The van der Waals surface area contributed by atoms with Crippen LogP contribution in [0.5, 0.6) is 0 Å². The van der Waals surface area contributed by atoms with Crippen LogP contribution in [0.4, 0.5) is 11.4 Å². The van der Waals surface area contributed by atoms with Crippen LogP contribution in [-0.2, 0) is 0 Å². The maximum Gasteiger partial charge on any atom is 0.288 e. The number of benzene rings is 1. The van der Waals surface area contributed by atoms with E-state index in [0.717, 1.165) is 31.6 Å². The molecule has 2 rings (SSSR count). The first kappa shape index (κ1) is 15.1. The van der Waals surface area contributed by atoms with Gasteiger partial charge in [-0.3, -0.25) is 10.1 Å². The van der Waals surface area contributed by atoms with Crippen molar-refractivity contribution in [3.05, 3.63) is 33.3 Å². The summed E-state index contributed by atoms with van der Waals surface area (Å²) in [6.07, 6.45) is 2.15. The molecule has 0 bridgehead atoms. The molecule has 1 aliphatic heterocycles. The van der Waals surface area contributed by atoms with E-state index in [1.807, 2.05) is 0 Å². The molecule has 6 heteroatoms. The third-order valence-electron chi connectivity index (χ3n) is 3.78. The number of hydrogen-bond acceptors (Lipinski definition) is 4. The van der Waals surface area contributed by atoms with Crippen LogP contribution in [0.1, 0.15) is 26.7 Å². The molecule has 20 heavy (non-hydrogen) atoms. The highest BCUT2D eigenvalue weighted by atomic mass is 35.5. The molecular formula is C14H20ClN3O2. The molecule has 1 N–H and O–H groups in total. The van der Waals surface area contributed by atoms with Gasteiger partial charge in [-0.05, 0) is 38.8 Å². The van der Waals surface area contributed by atoms with Crippen molar-refractivity contribution in [2.45, 2.75) is 38.8 Å². The molecule has 1 aromatic carbocycles. The average molecular weight is 298 g/mol. The molecule has 0 amide bonds. The Kier molecular flexibility index (Phi) is 4.83. The summed E-state index contributed by atoms with van der Waals surface area (Å²) in [7, 11) is 0. The Bertz CT molecular complexity index is 485. The van der Waals surface area contributed by atoms with Crippen molar-refractivity contribution >= 4 is 23.0 Å². The van der Waals surface area contributed by atoms with Crippen molar-refractivity contribution in [3.63, 3.8) is 0 Å². The van der Waals surface area contributed by atoms with Gasteiger partial charge < -0.3 is 10.2 Å². The zero-order chi connectivity index (χ0) is 14.7. The molecule has 0 radical (unpaired) electrons. The molecule has 0 unspecified atom stereocenters. The average Bonchev–Trinajstić information content (AvgIpc) is 2.39. The summed E-state index contributed by atoms with van der Waals surface area (Å²) in [5.74, 6) is 0. The maximum absolute atomic E-state index is 10.7. The molecule has 110 valence electrons. The lowest BCUT2D eigenvalue weighted by atomic mass is 10.0. The van der Waals surface area contributed by atoms with Crippen molar-refractivity contribution < 1.29 is 4.92 Å². The van der Waals surface area contributed by atoms with Crippen LogP contribution < -0.4 is 5.32 Å². The second-order valence-electron chi connectivity index (χ2n) is 5.47. The Labute approximate surface area is 124 Å². The molecular weight excluding hydrogens is 278 g/mol. The molecule has 0 atom stereocenters. The summed E-state index contributed by atoms with van der Waals surface area (Å²) in [4.78, 5) is 12.7. The fraction of sp³-hybridized carbons (Fsp3) is 0.571. The Balaban J connectivity index is 1.95. The normalized spacial score (nSPS) is 17.4. The van der Waals surface area contributed by atoms with Crippen molar-refractivity contribution in [1.29, 1.82) is 0 Å². The lowest BCUT2D eigenvalue weighted by Gasteiger charge is -2.35. The van der Waals surface area contributed by atoms with Gasteiger partial charge in [-0.25, -0.2) is 0 Å². The highest BCUT2D eigenvalue weighted by Crippen LogP contribution is 2.28. The Morgan fingerprint density at radius 3 is 2.55 bits per heavy atom. The van der Waals surface area contributed by atoms with Crippen LogP contribution in [0.25, 0.3) is 0 Å². The molecule has 0 saturated carbocycles. The number of halogens is 1. The van der Waals surface area contributed by atoms with Gasteiger partial charge in [-0.1, -0.05) is 11.6 Å². The third kappa shape index (κ3) is 3.61. The monoisotopic (exact) mass is 297 g/mol. The van der Waals surface area contributed by atoms with Gasteiger partial charge in [0.15, 0.2) is 0 Å². The number of nitrogens with one attached hydrogen (secondary N) is 1. The van der Waals surface area contributed by atoms with Gasteiger partial charge in [0.25, 0.3) is 5.69 Å². The van der Waals surface area contributed by atoms with Crippen LogP contribution in [0, 0.1) is 10.1 Å². The first-order chi connectivity index (χ1) is 9.47. The van der Waals surface area contributed by atoms with Crippen LogP contribution in [0.2, 0.25) is 5.02 Å². The highest BCUT2D eigenvalue weighted by Gasteiger charge is 2.21. The second-order valence-corrected chi connectivity index (χ2v) is 5.88. The molecule has 0 aromatic heterocycles. The van der Waals surface area contributed by atoms with E-state index >= 15 is 0 Å². The summed E-state index contributed by atoms with van der Waals surface area (Å²) in [6, 6.07) is 5.80. The first-order valence-corrected chi connectivity index (χ1v) is 7.29. The molecule has 1 aromatic rings. The topological polar surface area (TPSA) is 58.4 Å². The summed E-state index contributed by atoms with van der Waals surface area (Å²) in [6.45, 7) is 6.58. The second kappa shape index (κ2) is 6.41. The van der Waals surface area contributed by atoms with Crippen LogP contribution in [0.3, 0.4) is 0 Å². The summed E-state index contributed by atoms with van der Waals surface area (Å²) in [5.41, 5.74) is 0.801. The number of nitro groups is 1. The molecule has 0 spiro atoms. The molecule has 1 heterocycles. The van der Waals surface area contributed by atoms with Crippen molar-refractivity contribution in [1.82, 2.24) is 4.90 Å². The summed E-state index contributed by atoms with van der Waals surface area (Å²) >= 11 is 5.92. The minimum absolute atomic E-state index is 0.0492.